The quantitative estimate of drug-likeness (QED) is 0.176. The fourth-order valence-electron chi connectivity index (χ4n) is 1.21. The van der Waals surface area contributed by atoms with Gasteiger partial charge >= 0.3 is 5.97 Å². The van der Waals surface area contributed by atoms with Crippen LogP contribution in [0.15, 0.2) is 16.8 Å². The Morgan fingerprint density at radius 3 is 2.55 bits per heavy atom. The zero-order chi connectivity index (χ0) is 15.5. The van der Waals surface area contributed by atoms with Gasteiger partial charge < -0.3 is 10.5 Å². The second-order valence-corrected chi connectivity index (χ2v) is 4.83. The van der Waals surface area contributed by atoms with Gasteiger partial charge in [0.1, 0.15) is 0 Å². The summed E-state index contributed by atoms with van der Waals surface area (Å²) in [5, 5.41) is 3.64. The van der Waals surface area contributed by atoms with Gasteiger partial charge in [-0.25, -0.2) is 4.79 Å². The van der Waals surface area contributed by atoms with Crippen molar-refractivity contribution in [1.29, 1.82) is 0 Å². The Hall–Kier alpha value is -1.76. The first kappa shape index (κ1) is 18.2. The molecule has 112 valence electrons. The van der Waals surface area contributed by atoms with Crippen molar-refractivity contribution in [2.45, 2.75) is 40.0 Å². The lowest BCUT2D eigenvalue weighted by atomic mass is 10.1. The molecule has 0 rings (SSSR count). The number of allylic oxidation sites excluding steroid dienone is 2. The molecule has 20 heavy (non-hydrogen) atoms. The summed E-state index contributed by atoms with van der Waals surface area (Å²) in [6, 6.07) is 0. The Labute approximate surface area is 124 Å². The standard InChI is InChI=1S/C13H21N3O3S/c1-4-5-6-19-12(18)11(15-16-13(14)20)8-10(17)7-9(2)3/h7H,4-6,8H2,1-3H3,(H3,14,16,20). The Morgan fingerprint density at radius 2 is 2.05 bits per heavy atom. The first-order valence-corrected chi connectivity index (χ1v) is 6.74. The molecule has 7 heteroatoms. The van der Waals surface area contributed by atoms with Gasteiger partial charge in [-0.1, -0.05) is 18.9 Å². The summed E-state index contributed by atoms with van der Waals surface area (Å²) in [7, 11) is 0. The van der Waals surface area contributed by atoms with Crippen molar-refractivity contribution < 1.29 is 14.3 Å². The Morgan fingerprint density at radius 1 is 1.40 bits per heavy atom. The van der Waals surface area contributed by atoms with Crippen LogP contribution in [0.5, 0.6) is 0 Å². The number of nitrogens with zero attached hydrogens (tertiary/aromatic N) is 1. The number of thiocarbonyl (C=S) groups is 1. The molecule has 0 aliphatic carbocycles. The minimum absolute atomic E-state index is 0.0450. The van der Waals surface area contributed by atoms with Gasteiger partial charge in [-0.2, -0.15) is 5.10 Å². The van der Waals surface area contributed by atoms with Crippen LogP contribution in [-0.2, 0) is 14.3 Å². The van der Waals surface area contributed by atoms with E-state index in [0.717, 1.165) is 18.4 Å². The maximum atomic E-state index is 11.8. The highest BCUT2D eigenvalue weighted by Crippen LogP contribution is 1.99. The average molecular weight is 299 g/mol. The number of rotatable bonds is 8. The van der Waals surface area contributed by atoms with Crippen molar-refractivity contribution in [3.63, 3.8) is 0 Å². The number of ketones is 1. The minimum Gasteiger partial charge on any atom is -0.461 e. The SMILES string of the molecule is CCCCOC(=O)C(CC(=O)C=C(C)C)=NNC(N)=S. The Balaban J connectivity index is 4.76. The summed E-state index contributed by atoms with van der Waals surface area (Å²) in [6.45, 7) is 5.86. The zero-order valence-electron chi connectivity index (χ0n) is 12.1. The van der Waals surface area contributed by atoms with Gasteiger partial charge in [0.15, 0.2) is 16.6 Å². The van der Waals surface area contributed by atoms with E-state index in [-0.39, 0.29) is 29.6 Å². The second kappa shape index (κ2) is 10.1. The van der Waals surface area contributed by atoms with Gasteiger partial charge in [0, 0.05) is 0 Å². The predicted molar refractivity (Wildman–Crippen MR) is 82.3 cm³/mol. The van der Waals surface area contributed by atoms with Crippen LogP contribution in [0.4, 0.5) is 0 Å². The topological polar surface area (TPSA) is 93.8 Å². The number of hydrazone groups is 1. The molecule has 0 fully saturated rings. The minimum atomic E-state index is -0.641. The lowest BCUT2D eigenvalue weighted by Gasteiger charge is -2.06. The summed E-state index contributed by atoms with van der Waals surface area (Å²) in [4.78, 5) is 23.5. The van der Waals surface area contributed by atoms with Crippen LogP contribution < -0.4 is 11.2 Å². The number of unbranched alkanes of at least 4 members (excludes halogenated alkanes) is 1. The van der Waals surface area contributed by atoms with Crippen molar-refractivity contribution in [3.05, 3.63) is 11.6 Å². The van der Waals surface area contributed by atoms with E-state index in [0.29, 0.717) is 0 Å². The molecule has 0 bridgehead atoms. The number of hydrogen-bond donors (Lipinski definition) is 2. The number of carbonyl (C=O) groups is 2. The summed E-state index contributed by atoms with van der Waals surface area (Å²) >= 11 is 4.60. The summed E-state index contributed by atoms with van der Waals surface area (Å²) in [6.07, 6.45) is 2.94. The molecule has 0 saturated carbocycles. The number of esters is 1. The average Bonchev–Trinajstić information content (AvgIpc) is 2.33. The van der Waals surface area contributed by atoms with Gasteiger partial charge in [-0.05, 0) is 38.6 Å². The molecule has 0 saturated heterocycles. The van der Waals surface area contributed by atoms with Gasteiger partial charge in [-0.3, -0.25) is 10.2 Å². The number of nitrogens with one attached hydrogen (secondary N) is 1. The van der Waals surface area contributed by atoms with Gasteiger partial charge in [0.2, 0.25) is 0 Å². The molecule has 0 aliphatic heterocycles. The van der Waals surface area contributed by atoms with Crippen molar-refractivity contribution in [3.8, 4) is 0 Å². The monoisotopic (exact) mass is 299 g/mol. The molecule has 0 radical (unpaired) electrons. The molecule has 0 aliphatic rings. The van der Waals surface area contributed by atoms with Gasteiger partial charge in [0.05, 0.1) is 13.0 Å². The van der Waals surface area contributed by atoms with Crippen LogP contribution >= 0.6 is 12.2 Å². The molecule has 3 N–H and O–H groups in total. The normalized spacial score (nSPS) is 10.7. The molecular formula is C13H21N3O3S. The van der Waals surface area contributed by atoms with Gasteiger partial charge in [0.25, 0.3) is 0 Å². The predicted octanol–water partition coefficient (Wildman–Crippen LogP) is 1.44. The van der Waals surface area contributed by atoms with Crippen LogP contribution in [-0.4, -0.2) is 29.2 Å². The van der Waals surface area contributed by atoms with E-state index in [9.17, 15) is 9.59 Å². The zero-order valence-corrected chi connectivity index (χ0v) is 12.9. The molecule has 0 spiro atoms. The molecule has 6 nitrogen and oxygen atoms in total. The maximum absolute atomic E-state index is 11.8. The van der Waals surface area contributed by atoms with Crippen LogP contribution in [0.3, 0.4) is 0 Å². The first-order valence-electron chi connectivity index (χ1n) is 6.33. The molecule has 0 amide bonds. The molecule has 0 aromatic heterocycles. The van der Waals surface area contributed by atoms with E-state index in [2.05, 4.69) is 22.7 Å². The fourth-order valence-corrected chi connectivity index (χ4v) is 1.26. The molecular weight excluding hydrogens is 278 g/mol. The summed E-state index contributed by atoms with van der Waals surface area (Å²) in [5.41, 5.74) is 8.34. The maximum Gasteiger partial charge on any atom is 0.354 e. The summed E-state index contributed by atoms with van der Waals surface area (Å²) < 4.78 is 5.02. The van der Waals surface area contributed by atoms with Crippen molar-refractivity contribution in [1.82, 2.24) is 5.43 Å². The van der Waals surface area contributed by atoms with E-state index >= 15 is 0 Å². The smallest absolute Gasteiger partial charge is 0.354 e. The Kier molecular flexibility index (Phi) is 9.19. The van der Waals surface area contributed by atoms with E-state index < -0.39 is 5.97 Å². The van der Waals surface area contributed by atoms with Gasteiger partial charge in [-0.15, -0.1) is 0 Å². The highest BCUT2D eigenvalue weighted by molar-refractivity contribution is 7.80. The van der Waals surface area contributed by atoms with Crippen LogP contribution in [0.25, 0.3) is 0 Å². The molecule has 0 heterocycles. The lowest BCUT2D eigenvalue weighted by molar-refractivity contribution is -0.136. The van der Waals surface area contributed by atoms with Crippen molar-refractivity contribution >= 4 is 34.8 Å². The number of nitrogens with two attached hydrogens (primary N) is 1. The van der Waals surface area contributed by atoms with Crippen LogP contribution in [0.2, 0.25) is 0 Å². The van der Waals surface area contributed by atoms with E-state index in [1.807, 2.05) is 6.92 Å². The van der Waals surface area contributed by atoms with E-state index in [1.165, 1.54) is 6.08 Å². The fraction of sp³-hybridized carbons (Fsp3) is 0.538. The molecule has 0 atom stereocenters. The van der Waals surface area contributed by atoms with Crippen LogP contribution in [0.1, 0.15) is 40.0 Å². The van der Waals surface area contributed by atoms with Crippen molar-refractivity contribution in [2.75, 3.05) is 6.61 Å². The molecule has 0 aromatic carbocycles. The highest BCUT2D eigenvalue weighted by Gasteiger charge is 2.16. The van der Waals surface area contributed by atoms with Crippen LogP contribution in [0, 0.1) is 0 Å². The molecule has 0 unspecified atom stereocenters. The number of hydrogen-bond acceptors (Lipinski definition) is 5. The van der Waals surface area contributed by atoms with Crippen molar-refractivity contribution in [2.24, 2.45) is 10.8 Å². The summed E-state index contributed by atoms with van der Waals surface area (Å²) in [5.74, 6) is -0.876. The Bertz CT molecular complexity index is 427. The number of carbonyl (C=O) groups excluding carboxylic acids is 2. The first-order chi connectivity index (χ1) is 9.36. The third-order valence-corrected chi connectivity index (χ3v) is 2.15. The third-order valence-electron chi connectivity index (χ3n) is 2.06. The lowest BCUT2D eigenvalue weighted by Crippen LogP contribution is -2.29. The highest BCUT2D eigenvalue weighted by atomic mass is 32.1. The van der Waals surface area contributed by atoms with E-state index in [4.69, 9.17) is 10.5 Å². The number of ether oxygens (including phenoxy) is 1. The van der Waals surface area contributed by atoms with E-state index in [1.54, 1.807) is 13.8 Å². The third kappa shape index (κ3) is 9.21. The second-order valence-electron chi connectivity index (χ2n) is 4.39. The largest absolute Gasteiger partial charge is 0.461 e. The molecule has 0 aromatic rings.